The summed E-state index contributed by atoms with van der Waals surface area (Å²) in [6.07, 6.45) is 6.49. The third-order valence-corrected chi connectivity index (χ3v) is 6.56. The molecule has 0 bridgehead atoms. The van der Waals surface area contributed by atoms with Gasteiger partial charge in [-0.3, -0.25) is 24.8 Å². The van der Waals surface area contributed by atoms with Crippen LogP contribution in [0.2, 0.25) is 0 Å². The van der Waals surface area contributed by atoms with Gasteiger partial charge in [0.25, 0.3) is 5.91 Å². The maximum Gasteiger partial charge on any atom is 0.255 e. The first-order valence-corrected chi connectivity index (χ1v) is 12.5. The van der Waals surface area contributed by atoms with Gasteiger partial charge in [0.15, 0.2) is 5.82 Å². The van der Waals surface area contributed by atoms with Crippen LogP contribution in [0.3, 0.4) is 0 Å². The maximum absolute atomic E-state index is 14.0. The Hall–Kier alpha value is -5.97. The number of benzene rings is 2. The van der Waals surface area contributed by atoms with E-state index in [-0.39, 0.29) is 11.7 Å². The van der Waals surface area contributed by atoms with Crippen LogP contribution in [0.4, 0.5) is 10.1 Å². The monoisotopic (exact) mass is 542 g/mol. The van der Waals surface area contributed by atoms with Gasteiger partial charge in [0.1, 0.15) is 22.8 Å². The Morgan fingerprint density at radius 1 is 0.878 bits per heavy atom. The zero-order valence-electron chi connectivity index (χ0n) is 21.1. The lowest BCUT2D eigenvalue weighted by Crippen LogP contribution is -2.11. The molecule has 11 heteroatoms. The Morgan fingerprint density at radius 2 is 1.76 bits per heavy atom. The molecule has 0 spiro atoms. The Balaban J connectivity index is 1.25. The zero-order valence-corrected chi connectivity index (χ0v) is 21.1. The van der Waals surface area contributed by atoms with Crippen LogP contribution < -0.4 is 5.32 Å². The number of nitrogens with one attached hydrogen (secondary N) is 3. The van der Waals surface area contributed by atoms with Crippen LogP contribution in [-0.4, -0.2) is 46.1 Å². The summed E-state index contributed by atoms with van der Waals surface area (Å²) < 4.78 is 14.0. The molecule has 0 saturated heterocycles. The third-order valence-electron chi connectivity index (χ3n) is 6.56. The summed E-state index contributed by atoms with van der Waals surface area (Å²) in [5.74, 6) is -0.547. The van der Waals surface area contributed by atoms with E-state index in [0.29, 0.717) is 61.8 Å². The van der Waals surface area contributed by atoms with Gasteiger partial charge in [0, 0.05) is 40.5 Å². The van der Waals surface area contributed by atoms with E-state index >= 15 is 0 Å². The highest BCUT2D eigenvalue weighted by Gasteiger charge is 2.18. The number of imidazole rings is 1. The number of H-pyrrole nitrogens is 2. The molecule has 0 fully saturated rings. The number of nitrogens with zero attached hydrogens (tertiary/aromatic N) is 5. The van der Waals surface area contributed by atoms with Crippen LogP contribution >= 0.6 is 0 Å². The first-order chi connectivity index (χ1) is 20.0. The van der Waals surface area contributed by atoms with Crippen molar-refractivity contribution in [3.8, 4) is 39.8 Å². The van der Waals surface area contributed by atoms with Gasteiger partial charge in [0.2, 0.25) is 0 Å². The Kier molecular flexibility index (Phi) is 5.67. The number of pyridine rings is 3. The number of fused-ring (bicyclic) bond motifs is 2. The van der Waals surface area contributed by atoms with Gasteiger partial charge in [-0.25, -0.2) is 9.37 Å². The van der Waals surface area contributed by atoms with E-state index in [1.165, 1.54) is 12.1 Å². The fraction of sp³-hybridized carbons (Fsp3) is 0. The molecule has 2 aromatic carbocycles. The Bertz CT molecular complexity index is 2070. The minimum absolute atomic E-state index is 0.203. The lowest BCUT2D eigenvalue weighted by atomic mass is 10.1. The van der Waals surface area contributed by atoms with E-state index in [1.54, 1.807) is 61.2 Å². The third kappa shape index (κ3) is 4.51. The molecule has 4 N–H and O–H groups in total. The van der Waals surface area contributed by atoms with Crippen LogP contribution in [-0.2, 0) is 0 Å². The quantitative estimate of drug-likeness (QED) is 0.218. The van der Waals surface area contributed by atoms with E-state index in [2.05, 4.69) is 35.5 Å². The number of halogens is 1. The predicted octanol–water partition coefficient (Wildman–Crippen LogP) is 5.72. The molecule has 0 aliphatic heterocycles. The number of phenols is 1. The molecule has 7 aromatic rings. The largest absolute Gasteiger partial charge is 0.508 e. The molecule has 5 aromatic heterocycles. The van der Waals surface area contributed by atoms with Crippen molar-refractivity contribution < 1.29 is 14.3 Å². The summed E-state index contributed by atoms with van der Waals surface area (Å²) in [5.41, 5.74) is 5.63. The molecule has 0 radical (unpaired) electrons. The Morgan fingerprint density at radius 3 is 2.61 bits per heavy atom. The normalized spacial score (nSPS) is 11.2. The molecule has 0 unspecified atom stereocenters. The second-order valence-electron chi connectivity index (χ2n) is 9.31. The number of carbonyl (C=O) groups excluding carboxylic acids is 1. The number of rotatable bonds is 5. The molecule has 0 aliphatic rings. The molecule has 7 rings (SSSR count). The smallest absolute Gasteiger partial charge is 0.255 e. The number of hydrogen-bond donors (Lipinski definition) is 4. The van der Waals surface area contributed by atoms with Crippen molar-refractivity contribution in [3.05, 3.63) is 103 Å². The number of amides is 1. The topological polar surface area (TPSA) is 145 Å². The van der Waals surface area contributed by atoms with E-state index < -0.39 is 5.82 Å². The van der Waals surface area contributed by atoms with Gasteiger partial charge in [0.05, 0.1) is 40.5 Å². The molecule has 198 valence electrons. The SMILES string of the molecule is O=C(Nc1cncc(-c2cc3c(-c4nc5c(-c6cc(O)cc(F)c6)nccc5[nH]4)n[nH]c3cn2)c1)c1ccccc1. The van der Waals surface area contributed by atoms with Crippen LogP contribution in [0.15, 0.2) is 91.5 Å². The molecule has 41 heavy (non-hydrogen) atoms. The van der Waals surface area contributed by atoms with Crippen molar-refractivity contribution in [2.75, 3.05) is 5.32 Å². The van der Waals surface area contributed by atoms with E-state index in [4.69, 9.17) is 4.98 Å². The van der Waals surface area contributed by atoms with Gasteiger partial charge in [-0.1, -0.05) is 18.2 Å². The molecule has 0 aliphatic carbocycles. The zero-order chi connectivity index (χ0) is 27.9. The fourth-order valence-electron chi connectivity index (χ4n) is 4.67. The number of hydrogen-bond acceptors (Lipinski definition) is 7. The van der Waals surface area contributed by atoms with Crippen LogP contribution in [0, 0.1) is 5.82 Å². The van der Waals surface area contributed by atoms with E-state index in [1.807, 2.05) is 12.1 Å². The number of aromatic nitrogens is 7. The summed E-state index contributed by atoms with van der Waals surface area (Å²) in [6.45, 7) is 0. The lowest BCUT2D eigenvalue weighted by Gasteiger charge is -2.07. The number of aromatic amines is 2. The van der Waals surface area contributed by atoms with Gasteiger partial charge >= 0.3 is 0 Å². The van der Waals surface area contributed by atoms with Gasteiger partial charge in [-0.05, 0) is 42.5 Å². The van der Waals surface area contributed by atoms with Crippen LogP contribution in [0.5, 0.6) is 5.75 Å². The van der Waals surface area contributed by atoms with Crippen molar-refractivity contribution in [2.24, 2.45) is 0 Å². The van der Waals surface area contributed by atoms with Crippen molar-refractivity contribution in [2.45, 2.75) is 0 Å². The molecular weight excluding hydrogens is 523 g/mol. The minimum atomic E-state index is -0.578. The highest BCUT2D eigenvalue weighted by atomic mass is 19.1. The summed E-state index contributed by atoms with van der Waals surface area (Å²) >= 11 is 0. The first-order valence-electron chi connectivity index (χ1n) is 12.5. The fourth-order valence-corrected chi connectivity index (χ4v) is 4.67. The summed E-state index contributed by atoms with van der Waals surface area (Å²) in [4.78, 5) is 33.8. The van der Waals surface area contributed by atoms with E-state index in [9.17, 15) is 14.3 Å². The van der Waals surface area contributed by atoms with Crippen LogP contribution in [0.25, 0.3) is 56.0 Å². The lowest BCUT2D eigenvalue weighted by molar-refractivity contribution is 0.102. The summed E-state index contributed by atoms with van der Waals surface area (Å²) in [6, 6.07) is 18.1. The summed E-state index contributed by atoms with van der Waals surface area (Å²) in [7, 11) is 0. The van der Waals surface area contributed by atoms with Crippen molar-refractivity contribution in [3.63, 3.8) is 0 Å². The maximum atomic E-state index is 14.0. The second-order valence-corrected chi connectivity index (χ2v) is 9.31. The average Bonchev–Trinajstić information content (AvgIpc) is 3.61. The highest BCUT2D eigenvalue weighted by molar-refractivity contribution is 6.04. The second kappa shape index (κ2) is 9.65. The van der Waals surface area contributed by atoms with Crippen molar-refractivity contribution in [1.82, 2.24) is 35.1 Å². The molecule has 0 saturated carbocycles. The van der Waals surface area contributed by atoms with Crippen molar-refractivity contribution in [1.29, 1.82) is 0 Å². The predicted molar refractivity (Wildman–Crippen MR) is 151 cm³/mol. The highest BCUT2D eigenvalue weighted by Crippen LogP contribution is 2.33. The minimum Gasteiger partial charge on any atom is -0.508 e. The summed E-state index contributed by atoms with van der Waals surface area (Å²) in [5, 5.41) is 21.0. The molecule has 1 amide bonds. The van der Waals surface area contributed by atoms with Gasteiger partial charge in [-0.2, -0.15) is 5.10 Å². The van der Waals surface area contributed by atoms with Crippen LogP contribution in [0.1, 0.15) is 10.4 Å². The first kappa shape index (κ1) is 24.1. The Labute approximate surface area is 231 Å². The number of phenolic OH excluding ortho intramolecular Hbond substituents is 1. The van der Waals surface area contributed by atoms with Gasteiger partial charge in [-0.15, -0.1) is 0 Å². The van der Waals surface area contributed by atoms with Gasteiger partial charge < -0.3 is 15.4 Å². The molecular formula is C30H19FN8O2. The number of aromatic hydroxyl groups is 1. The van der Waals surface area contributed by atoms with E-state index in [0.717, 1.165) is 11.5 Å². The van der Waals surface area contributed by atoms with Crippen molar-refractivity contribution >= 4 is 33.5 Å². The molecule has 10 nitrogen and oxygen atoms in total. The number of carbonyl (C=O) groups is 1. The average molecular weight is 543 g/mol. The molecule has 5 heterocycles. The standard InChI is InChI=1S/C30H19FN8O2/c31-19-8-17(10-21(40)11-19)26-28-23(6-7-33-26)36-29(37-28)27-22-12-24(34-15-25(22)38-39-27)18-9-20(14-32-13-18)35-30(41)16-4-2-1-3-5-16/h1-15,40H,(H,35,41)(H,36,37)(H,38,39). The molecule has 0 atom stereocenters. The number of anilines is 1.